The smallest absolute Gasteiger partial charge is 0.0103 e. The van der Waals surface area contributed by atoms with E-state index < -0.39 is 0 Å². The summed E-state index contributed by atoms with van der Waals surface area (Å²) in [5.41, 5.74) is 1.91. The Hall–Kier alpha value is -0.820. The van der Waals surface area contributed by atoms with Gasteiger partial charge in [-0.3, -0.25) is 0 Å². The molecule has 0 amide bonds. The van der Waals surface area contributed by atoms with E-state index in [1.165, 1.54) is 31.2 Å². The van der Waals surface area contributed by atoms with Crippen LogP contribution in [-0.2, 0) is 5.41 Å². The van der Waals surface area contributed by atoms with E-state index in [9.17, 15) is 0 Å². The number of rotatable bonds is 6. The summed E-state index contributed by atoms with van der Waals surface area (Å²) in [5, 5.41) is 3.59. The number of benzene rings is 1. The maximum Gasteiger partial charge on any atom is 0.0103 e. The van der Waals surface area contributed by atoms with Crippen LogP contribution in [0.1, 0.15) is 45.1 Å². The number of likely N-dealkylation sites (N-methyl/N-ethyl adjacent to an activating group) is 1. The quantitative estimate of drug-likeness (QED) is 0.786. The average molecular weight is 231 g/mol. The summed E-state index contributed by atoms with van der Waals surface area (Å²) in [5.74, 6) is 0.883. The van der Waals surface area contributed by atoms with Crippen LogP contribution < -0.4 is 5.32 Å². The van der Waals surface area contributed by atoms with Gasteiger partial charge in [0.1, 0.15) is 0 Å². The third-order valence-corrected chi connectivity index (χ3v) is 4.56. The highest BCUT2D eigenvalue weighted by molar-refractivity contribution is 5.28. The van der Waals surface area contributed by atoms with Crippen LogP contribution >= 0.6 is 0 Å². The largest absolute Gasteiger partial charge is 0.316 e. The molecule has 0 heterocycles. The minimum Gasteiger partial charge on any atom is -0.316 e. The number of hydrogen-bond donors (Lipinski definition) is 1. The topological polar surface area (TPSA) is 12.0 Å². The van der Waals surface area contributed by atoms with Gasteiger partial charge in [0.25, 0.3) is 0 Å². The highest BCUT2D eigenvalue weighted by Crippen LogP contribution is 2.45. The molecule has 94 valence electrons. The first kappa shape index (κ1) is 12.6. The van der Waals surface area contributed by atoms with Gasteiger partial charge >= 0.3 is 0 Å². The molecule has 0 spiro atoms. The molecule has 17 heavy (non-hydrogen) atoms. The van der Waals surface area contributed by atoms with Crippen LogP contribution in [0.15, 0.2) is 30.3 Å². The first-order valence-corrected chi connectivity index (χ1v) is 7.09. The fourth-order valence-electron chi connectivity index (χ4n) is 3.18. The summed E-state index contributed by atoms with van der Waals surface area (Å²) in [6.45, 7) is 6.75. The van der Waals surface area contributed by atoms with Crippen molar-refractivity contribution in [3.05, 3.63) is 35.9 Å². The first-order chi connectivity index (χ1) is 8.33. The standard InChI is InChI=1S/C16H25N/c1-3-16(13-17-4-2,15-11-8-12-15)14-9-6-5-7-10-14/h5-7,9-10,15,17H,3-4,8,11-13H2,1-2H3. The maximum atomic E-state index is 3.59. The highest BCUT2D eigenvalue weighted by atomic mass is 14.9. The monoisotopic (exact) mass is 231 g/mol. The molecule has 0 radical (unpaired) electrons. The minimum atomic E-state index is 0.371. The van der Waals surface area contributed by atoms with E-state index in [1.807, 2.05) is 0 Å². The molecule has 1 atom stereocenters. The fraction of sp³-hybridized carbons (Fsp3) is 0.625. The molecule has 0 bridgehead atoms. The average Bonchev–Trinajstić information content (AvgIpc) is 2.33. The Kier molecular flexibility index (Phi) is 4.22. The molecular weight excluding hydrogens is 206 g/mol. The molecule has 0 saturated heterocycles. The Morgan fingerprint density at radius 3 is 2.35 bits per heavy atom. The molecule has 0 aliphatic heterocycles. The van der Waals surface area contributed by atoms with Crippen LogP contribution in [0, 0.1) is 5.92 Å². The molecule has 1 heteroatoms. The summed E-state index contributed by atoms with van der Waals surface area (Å²) in [4.78, 5) is 0. The van der Waals surface area contributed by atoms with Crippen molar-refractivity contribution in [2.45, 2.75) is 44.9 Å². The van der Waals surface area contributed by atoms with Crippen LogP contribution in [0.25, 0.3) is 0 Å². The Labute approximate surface area is 106 Å². The molecule has 1 aliphatic carbocycles. The Morgan fingerprint density at radius 2 is 1.88 bits per heavy atom. The lowest BCUT2D eigenvalue weighted by atomic mass is 9.60. The van der Waals surface area contributed by atoms with Crippen LogP contribution in [0.3, 0.4) is 0 Å². The molecular formula is C16H25N. The SMILES string of the molecule is CCNCC(CC)(c1ccccc1)C1CCC1. The van der Waals surface area contributed by atoms with E-state index in [4.69, 9.17) is 0 Å². The van der Waals surface area contributed by atoms with Crippen LogP contribution in [0.5, 0.6) is 0 Å². The third kappa shape index (κ3) is 2.40. The fourth-order valence-corrected chi connectivity index (χ4v) is 3.18. The van der Waals surface area contributed by atoms with Crippen molar-refractivity contribution in [3.63, 3.8) is 0 Å². The third-order valence-electron chi connectivity index (χ3n) is 4.56. The molecule has 1 aliphatic rings. The predicted octanol–water partition coefficient (Wildman–Crippen LogP) is 3.74. The van der Waals surface area contributed by atoms with Gasteiger partial charge < -0.3 is 5.32 Å². The molecule has 1 nitrogen and oxygen atoms in total. The lowest BCUT2D eigenvalue weighted by molar-refractivity contribution is 0.152. The van der Waals surface area contributed by atoms with E-state index in [0.29, 0.717) is 5.41 Å². The van der Waals surface area contributed by atoms with Crippen LogP contribution in [-0.4, -0.2) is 13.1 Å². The van der Waals surface area contributed by atoms with Crippen molar-refractivity contribution in [1.29, 1.82) is 0 Å². The second kappa shape index (κ2) is 5.68. The van der Waals surface area contributed by atoms with Crippen LogP contribution in [0.2, 0.25) is 0 Å². The van der Waals surface area contributed by atoms with Crippen LogP contribution in [0.4, 0.5) is 0 Å². The lowest BCUT2D eigenvalue weighted by Gasteiger charge is -2.46. The number of hydrogen-bond acceptors (Lipinski definition) is 1. The Morgan fingerprint density at radius 1 is 1.18 bits per heavy atom. The molecule has 1 unspecified atom stereocenters. The first-order valence-electron chi connectivity index (χ1n) is 7.09. The van der Waals surface area contributed by atoms with Gasteiger partial charge in [0.2, 0.25) is 0 Å². The second-order valence-corrected chi connectivity index (χ2v) is 5.28. The molecule has 1 saturated carbocycles. The Balaban J connectivity index is 2.26. The minimum absolute atomic E-state index is 0.371. The molecule has 1 N–H and O–H groups in total. The second-order valence-electron chi connectivity index (χ2n) is 5.28. The lowest BCUT2D eigenvalue weighted by Crippen LogP contribution is -2.46. The summed E-state index contributed by atoms with van der Waals surface area (Å²) < 4.78 is 0. The van der Waals surface area contributed by atoms with Crippen molar-refractivity contribution in [2.75, 3.05) is 13.1 Å². The Bertz CT molecular complexity index is 329. The van der Waals surface area contributed by atoms with Gasteiger partial charge in [-0.25, -0.2) is 0 Å². The molecule has 2 rings (SSSR count). The summed E-state index contributed by atoms with van der Waals surface area (Å²) in [6.07, 6.45) is 5.49. The summed E-state index contributed by atoms with van der Waals surface area (Å²) >= 11 is 0. The van der Waals surface area contributed by atoms with E-state index in [2.05, 4.69) is 49.5 Å². The van der Waals surface area contributed by atoms with E-state index in [-0.39, 0.29) is 0 Å². The van der Waals surface area contributed by atoms with Crippen molar-refractivity contribution >= 4 is 0 Å². The zero-order valence-electron chi connectivity index (χ0n) is 11.2. The molecule has 0 aromatic heterocycles. The molecule has 1 fully saturated rings. The van der Waals surface area contributed by atoms with Gasteiger partial charge in [0.05, 0.1) is 0 Å². The summed E-state index contributed by atoms with van der Waals surface area (Å²) in [6, 6.07) is 11.1. The zero-order valence-corrected chi connectivity index (χ0v) is 11.2. The number of nitrogens with one attached hydrogen (secondary N) is 1. The molecule has 1 aromatic rings. The normalized spacial score (nSPS) is 19.6. The van der Waals surface area contributed by atoms with Gasteiger partial charge in [-0.1, -0.05) is 50.6 Å². The van der Waals surface area contributed by atoms with E-state index >= 15 is 0 Å². The highest BCUT2D eigenvalue weighted by Gasteiger charge is 2.41. The van der Waals surface area contributed by atoms with Gasteiger partial charge in [0, 0.05) is 12.0 Å². The van der Waals surface area contributed by atoms with Crippen molar-refractivity contribution in [3.8, 4) is 0 Å². The van der Waals surface area contributed by atoms with Crippen molar-refractivity contribution < 1.29 is 0 Å². The maximum absolute atomic E-state index is 3.59. The van der Waals surface area contributed by atoms with Crippen molar-refractivity contribution in [2.24, 2.45) is 5.92 Å². The van der Waals surface area contributed by atoms with Gasteiger partial charge in [-0.05, 0) is 37.3 Å². The van der Waals surface area contributed by atoms with Gasteiger partial charge in [-0.15, -0.1) is 0 Å². The van der Waals surface area contributed by atoms with E-state index in [1.54, 1.807) is 0 Å². The predicted molar refractivity (Wildman–Crippen MR) is 74.3 cm³/mol. The summed E-state index contributed by atoms with van der Waals surface area (Å²) in [7, 11) is 0. The molecule has 1 aromatic carbocycles. The van der Waals surface area contributed by atoms with Crippen molar-refractivity contribution in [1.82, 2.24) is 5.32 Å². The zero-order chi connectivity index (χ0) is 12.1. The van der Waals surface area contributed by atoms with Gasteiger partial charge in [-0.2, -0.15) is 0 Å². The van der Waals surface area contributed by atoms with E-state index in [0.717, 1.165) is 19.0 Å². The van der Waals surface area contributed by atoms with Gasteiger partial charge in [0.15, 0.2) is 0 Å².